The van der Waals surface area contributed by atoms with Gasteiger partial charge < -0.3 is 0 Å². The fourth-order valence-electron chi connectivity index (χ4n) is 5.06. The molecular formula is C15H24N2. The molecule has 0 saturated heterocycles. The third-order valence-electron chi connectivity index (χ3n) is 5.69. The van der Waals surface area contributed by atoms with Crippen LogP contribution in [0.3, 0.4) is 0 Å². The van der Waals surface area contributed by atoms with Crippen molar-refractivity contribution in [2.75, 3.05) is 14.1 Å². The monoisotopic (exact) mass is 232 g/mol. The molecule has 4 bridgehead atoms. The second kappa shape index (κ2) is 4.28. The van der Waals surface area contributed by atoms with Gasteiger partial charge in [0.15, 0.2) is 0 Å². The second-order valence-corrected chi connectivity index (χ2v) is 6.94. The predicted molar refractivity (Wildman–Crippen MR) is 68.2 cm³/mol. The van der Waals surface area contributed by atoms with Crippen molar-refractivity contribution in [3.8, 4) is 6.07 Å². The zero-order chi connectivity index (χ0) is 12.0. The summed E-state index contributed by atoms with van der Waals surface area (Å²) in [7, 11) is 4.09. The summed E-state index contributed by atoms with van der Waals surface area (Å²) in [6, 6.07) is 2.62. The Morgan fingerprint density at radius 1 is 1.06 bits per heavy atom. The van der Waals surface area contributed by atoms with Crippen molar-refractivity contribution < 1.29 is 0 Å². The smallest absolute Gasteiger partial charge is 0.0975 e. The van der Waals surface area contributed by atoms with E-state index in [1.807, 2.05) is 14.1 Å². The minimum Gasteiger partial charge on any atom is -0.294 e. The lowest BCUT2D eigenvalue weighted by molar-refractivity contribution is -0.0445. The van der Waals surface area contributed by atoms with E-state index in [4.69, 9.17) is 0 Å². The Balaban J connectivity index is 1.70. The molecule has 1 unspecified atom stereocenters. The van der Waals surface area contributed by atoms with Crippen LogP contribution >= 0.6 is 0 Å². The lowest BCUT2D eigenvalue weighted by atomic mass is 9.51. The summed E-state index contributed by atoms with van der Waals surface area (Å²) in [5.41, 5.74) is 0. The van der Waals surface area contributed by atoms with Crippen LogP contribution in [0.25, 0.3) is 0 Å². The quantitative estimate of drug-likeness (QED) is 0.748. The number of nitriles is 1. The van der Waals surface area contributed by atoms with Crippen LogP contribution in [0.1, 0.15) is 38.5 Å². The van der Waals surface area contributed by atoms with Gasteiger partial charge in [0, 0.05) is 0 Å². The van der Waals surface area contributed by atoms with E-state index < -0.39 is 0 Å². The van der Waals surface area contributed by atoms with Crippen molar-refractivity contribution in [3.63, 3.8) is 0 Å². The van der Waals surface area contributed by atoms with Crippen molar-refractivity contribution in [2.24, 2.45) is 29.6 Å². The van der Waals surface area contributed by atoms with Gasteiger partial charge in [0.2, 0.25) is 0 Å². The van der Waals surface area contributed by atoms with E-state index in [2.05, 4.69) is 11.0 Å². The highest BCUT2D eigenvalue weighted by atomic mass is 15.1. The maximum absolute atomic E-state index is 9.26. The fraction of sp³-hybridized carbons (Fsp3) is 0.933. The lowest BCUT2D eigenvalue weighted by Gasteiger charge is -2.55. The highest BCUT2D eigenvalue weighted by molar-refractivity contribution is 5.01. The highest BCUT2D eigenvalue weighted by Gasteiger charge is 2.48. The molecular weight excluding hydrogens is 208 g/mol. The van der Waals surface area contributed by atoms with Gasteiger partial charge in [0.05, 0.1) is 12.1 Å². The first-order valence-electron chi connectivity index (χ1n) is 7.23. The Morgan fingerprint density at radius 3 is 2.00 bits per heavy atom. The van der Waals surface area contributed by atoms with Crippen LogP contribution < -0.4 is 0 Å². The van der Waals surface area contributed by atoms with Crippen LogP contribution in [0.2, 0.25) is 0 Å². The minimum atomic E-state index is 0.137. The normalized spacial score (nSPS) is 44.9. The molecule has 4 aliphatic rings. The molecule has 0 aromatic rings. The van der Waals surface area contributed by atoms with Crippen molar-refractivity contribution in [3.05, 3.63) is 0 Å². The number of hydrogen-bond donors (Lipinski definition) is 0. The predicted octanol–water partition coefficient (Wildman–Crippen LogP) is 2.90. The van der Waals surface area contributed by atoms with Gasteiger partial charge in [-0.2, -0.15) is 5.26 Å². The fourth-order valence-corrected chi connectivity index (χ4v) is 5.06. The molecule has 2 nitrogen and oxygen atoms in total. The molecule has 0 aromatic carbocycles. The van der Waals surface area contributed by atoms with Gasteiger partial charge in [-0.15, -0.1) is 0 Å². The molecule has 4 aliphatic carbocycles. The molecule has 0 aromatic heterocycles. The molecule has 94 valence electrons. The second-order valence-electron chi connectivity index (χ2n) is 6.94. The summed E-state index contributed by atoms with van der Waals surface area (Å²) in [6.45, 7) is 0. The number of hydrogen-bond acceptors (Lipinski definition) is 2. The van der Waals surface area contributed by atoms with E-state index in [0.29, 0.717) is 0 Å². The molecule has 0 aliphatic heterocycles. The molecule has 1 atom stereocenters. The van der Waals surface area contributed by atoms with Crippen molar-refractivity contribution in [2.45, 2.75) is 44.6 Å². The Labute approximate surface area is 105 Å². The molecule has 17 heavy (non-hydrogen) atoms. The van der Waals surface area contributed by atoms with E-state index in [1.165, 1.54) is 32.1 Å². The van der Waals surface area contributed by atoms with Crippen LogP contribution in [-0.4, -0.2) is 25.0 Å². The summed E-state index contributed by atoms with van der Waals surface area (Å²) >= 11 is 0. The van der Waals surface area contributed by atoms with E-state index in [1.54, 1.807) is 0 Å². The van der Waals surface area contributed by atoms with Crippen LogP contribution in [0.15, 0.2) is 0 Å². The first kappa shape index (κ1) is 11.5. The Morgan fingerprint density at radius 2 is 1.59 bits per heavy atom. The molecule has 4 rings (SSSR count). The summed E-state index contributed by atoms with van der Waals surface area (Å²) in [5, 5.41) is 9.26. The average molecular weight is 232 g/mol. The maximum Gasteiger partial charge on any atom is 0.0975 e. The van der Waals surface area contributed by atoms with Gasteiger partial charge >= 0.3 is 0 Å². The molecule has 0 heterocycles. The lowest BCUT2D eigenvalue weighted by Crippen LogP contribution is -2.47. The van der Waals surface area contributed by atoms with Gasteiger partial charge in [0.25, 0.3) is 0 Å². The third kappa shape index (κ3) is 1.99. The molecule has 0 amide bonds. The van der Waals surface area contributed by atoms with Crippen LogP contribution in [0.4, 0.5) is 0 Å². The van der Waals surface area contributed by atoms with Gasteiger partial charge in [-0.1, -0.05) is 0 Å². The first-order valence-corrected chi connectivity index (χ1v) is 7.23. The molecule has 4 fully saturated rings. The van der Waals surface area contributed by atoms with Gasteiger partial charge in [-0.25, -0.2) is 0 Å². The van der Waals surface area contributed by atoms with Gasteiger partial charge in [-0.05, 0) is 82.2 Å². The van der Waals surface area contributed by atoms with Crippen LogP contribution in [-0.2, 0) is 0 Å². The largest absolute Gasteiger partial charge is 0.294 e. The highest BCUT2D eigenvalue weighted by Crippen LogP contribution is 2.57. The SMILES string of the molecule is CN(C)C(C#N)CC1C2CC3CC(C2)CC1C3. The minimum absolute atomic E-state index is 0.137. The Kier molecular flexibility index (Phi) is 2.91. The zero-order valence-corrected chi connectivity index (χ0v) is 11.1. The molecule has 0 N–H and O–H groups in total. The van der Waals surface area contributed by atoms with E-state index in [-0.39, 0.29) is 6.04 Å². The average Bonchev–Trinajstić information content (AvgIpc) is 2.27. The molecule has 0 radical (unpaired) electrons. The summed E-state index contributed by atoms with van der Waals surface area (Å²) in [5.74, 6) is 4.88. The number of rotatable bonds is 3. The molecule has 2 heteroatoms. The molecule has 0 spiro atoms. The van der Waals surface area contributed by atoms with E-state index in [9.17, 15) is 5.26 Å². The maximum atomic E-state index is 9.26. The van der Waals surface area contributed by atoms with Crippen LogP contribution in [0, 0.1) is 40.9 Å². The third-order valence-corrected chi connectivity index (χ3v) is 5.69. The van der Waals surface area contributed by atoms with Crippen LogP contribution in [0.5, 0.6) is 0 Å². The Bertz CT molecular complexity index is 300. The summed E-state index contributed by atoms with van der Waals surface area (Å²) in [4.78, 5) is 2.10. The van der Waals surface area contributed by atoms with Gasteiger partial charge in [-0.3, -0.25) is 4.90 Å². The Hall–Kier alpha value is -0.550. The standard InChI is InChI=1S/C15H24N2/c1-17(2)14(9-16)8-15-12-4-10-3-11(6-12)7-13(15)5-10/h10-15H,3-8H2,1-2H3. The van der Waals surface area contributed by atoms with Gasteiger partial charge in [0.1, 0.15) is 0 Å². The zero-order valence-electron chi connectivity index (χ0n) is 11.1. The molecule has 4 saturated carbocycles. The first-order chi connectivity index (χ1) is 8.17. The van der Waals surface area contributed by atoms with Crippen molar-refractivity contribution in [1.29, 1.82) is 5.26 Å². The van der Waals surface area contributed by atoms with Crippen molar-refractivity contribution >= 4 is 0 Å². The van der Waals surface area contributed by atoms with E-state index in [0.717, 1.165) is 36.0 Å². The van der Waals surface area contributed by atoms with E-state index >= 15 is 0 Å². The number of nitrogens with zero attached hydrogens (tertiary/aromatic N) is 2. The van der Waals surface area contributed by atoms with Crippen molar-refractivity contribution in [1.82, 2.24) is 4.90 Å². The summed E-state index contributed by atoms with van der Waals surface area (Å²) < 4.78 is 0. The topological polar surface area (TPSA) is 27.0 Å². The summed E-state index contributed by atoms with van der Waals surface area (Å²) in [6.07, 6.45) is 8.55.